The topological polar surface area (TPSA) is 125 Å². The molecule has 0 bridgehead atoms. The molecule has 0 radical (unpaired) electrons. The number of piperidine rings is 1. The molecule has 2 aromatic carbocycles. The molecule has 2 amide bonds. The lowest BCUT2D eigenvalue weighted by atomic mass is 9.89. The Morgan fingerprint density at radius 1 is 1.21 bits per heavy atom. The Morgan fingerprint density at radius 2 is 1.91 bits per heavy atom. The highest BCUT2D eigenvalue weighted by Crippen LogP contribution is 2.29. The number of nitrogens with one attached hydrogen (secondary N) is 1. The van der Waals surface area contributed by atoms with Crippen LogP contribution in [-0.4, -0.2) is 35.6 Å². The number of carboxylic acid groups (broad SMARTS) is 1. The van der Waals surface area contributed by atoms with E-state index in [1.54, 1.807) is 11.8 Å². The summed E-state index contributed by atoms with van der Waals surface area (Å²) in [6.07, 6.45) is 3.32. The van der Waals surface area contributed by atoms with E-state index < -0.39 is 23.8 Å². The Morgan fingerprint density at radius 3 is 2.52 bits per heavy atom. The molecule has 8 nitrogen and oxygen atoms in total. The van der Waals surface area contributed by atoms with Crippen LogP contribution in [0.25, 0.3) is 0 Å². The number of anilines is 1. The summed E-state index contributed by atoms with van der Waals surface area (Å²) >= 11 is 0. The monoisotopic (exact) mass is 450 g/mol. The van der Waals surface area contributed by atoms with Gasteiger partial charge in [0.1, 0.15) is 0 Å². The van der Waals surface area contributed by atoms with Gasteiger partial charge in [-0.2, -0.15) is 5.10 Å². The normalized spacial score (nSPS) is 18.2. The highest BCUT2D eigenvalue weighted by molar-refractivity contribution is 5.98. The van der Waals surface area contributed by atoms with Crippen molar-refractivity contribution in [3.63, 3.8) is 0 Å². The zero-order valence-corrected chi connectivity index (χ0v) is 18.7. The van der Waals surface area contributed by atoms with Gasteiger partial charge in [0.2, 0.25) is 11.8 Å². The van der Waals surface area contributed by atoms with E-state index in [4.69, 9.17) is 5.84 Å². The largest absolute Gasteiger partial charge is 0.481 e. The molecule has 3 rings (SSSR count). The van der Waals surface area contributed by atoms with Crippen molar-refractivity contribution in [1.82, 2.24) is 5.32 Å². The lowest BCUT2D eigenvalue weighted by Crippen LogP contribution is -2.44. The maximum Gasteiger partial charge on any atom is 0.308 e. The quantitative estimate of drug-likeness (QED) is 0.308. The lowest BCUT2D eigenvalue weighted by Gasteiger charge is -2.33. The number of carboxylic acids is 1. The Kier molecular flexibility index (Phi) is 8.18. The van der Waals surface area contributed by atoms with E-state index in [0.717, 1.165) is 23.2 Å². The van der Waals surface area contributed by atoms with E-state index in [1.165, 1.54) is 6.21 Å². The SMILES string of the molecule is CCC(C(=O)O)C(NC(=O)CC1CCCN(c2ccc(C=NN)cc2)C1=O)c1ccccc1. The Hall–Kier alpha value is -3.68. The third-order valence-electron chi connectivity index (χ3n) is 6.04. The van der Waals surface area contributed by atoms with Gasteiger partial charge in [0.25, 0.3) is 0 Å². The number of hydrogen-bond acceptors (Lipinski definition) is 5. The molecule has 1 aliphatic rings. The van der Waals surface area contributed by atoms with E-state index in [9.17, 15) is 19.5 Å². The third-order valence-corrected chi connectivity index (χ3v) is 6.04. The molecule has 1 heterocycles. The Labute approximate surface area is 193 Å². The predicted octanol–water partition coefficient (Wildman–Crippen LogP) is 3.08. The number of hydrazone groups is 1. The molecule has 0 aromatic heterocycles. The predicted molar refractivity (Wildman–Crippen MR) is 127 cm³/mol. The summed E-state index contributed by atoms with van der Waals surface area (Å²) in [6, 6.07) is 15.8. The number of carbonyl (C=O) groups is 3. The maximum atomic E-state index is 13.1. The van der Waals surface area contributed by atoms with E-state index in [2.05, 4.69) is 10.4 Å². The van der Waals surface area contributed by atoms with Gasteiger partial charge < -0.3 is 21.2 Å². The van der Waals surface area contributed by atoms with Gasteiger partial charge >= 0.3 is 5.97 Å². The summed E-state index contributed by atoms with van der Waals surface area (Å²) < 4.78 is 0. The zero-order chi connectivity index (χ0) is 23.8. The van der Waals surface area contributed by atoms with Gasteiger partial charge in [0.15, 0.2) is 0 Å². The fraction of sp³-hybridized carbons (Fsp3) is 0.360. The van der Waals surface area contributed by atoms with Gasteiger partial charge in [-0.3, -0.25) is 14.4 Å². The van der Waals surface area contributed by atoms with Gasteiger partial charge in [0, 0.05) is 24.6 Å². The van der Waals surface area contributed by atoms with Gasteiger partial charge in [-0.25, -0.2) is 0 Å². The molecule has 174 valence electrons. The highest BCUT2D eigenvalue weighted by atomic mass is 16.4. The molecular weight excluding hydrogens is 420 g/mol. The van der Waals surface area contributed by atoms with Crippen molar-refractivity contribution < 1.29 is 19.5 Å². The Balaban J connectivity index is 1.71. The first-order chi connectivity index (χ1) is 15.9. The standard InChI is InChI=1S/C25H30N4O4/c1-2-21(25(32)33)23(18-7-4-3-5-8-18)28-22(30)15-19-9-6-14-29(24(19)31)20-12-10-17(11-13-20)16-27-26/h3-5,7-8,10-13,16,19,21,23H,2,6,9,14-15,26H2,1H3,(H,28,30)(H,32,33). The summed E-state index contributed by atoms with van der Waals surface area (Å²) in [5, 5.41) is 16.1. The van der Waals surface area contributed by atoms with E-state index >= 15 is 0 Å². The van der Waals surface area contributed by atoms with Crippen molar-refractivity contribution in [1.29, 1.82) is 0 Å². The zero-order valence-electron chi connectivity index (χ0n) is 18.7. The van der Waals surface area contributed by atoms with Crippen LogP contribution in [-0.2, 0) is 14.4 Å². The molecule has 8 heteroatoms. The lowest BCUT2D eigenvalue weighted by molar-refractivity contribution is -0.143. The number of benzene rings is 2. The van der Waals surface area contributed by atoms with Crippen molar-refractivity contribution in [2.24, 2.45) is 22.8 Å². The molecule has 2 aromatic rings. The van der Waals surface area contributed by atoms with Crippen molar-refractivity contribution in [3.8, 4) is 0 Å². The summed E-state index contributed by atoms with van der Waals surface area (Å²) in [5.41, 5.74) is 2.33. The average molecular weight is 451 g/mol. The van der Waals surface area contributed by atoms with Crippen LogP contribution in [0.3, 0.4) is 0 Å². The first-order valence-corrected chi connectivity index (χ1v) is 11.2. The molecule has 1 saturated heterocycles. The number of aliphatic carboxylic acids is 1. The minimum atomic E-state index is -0.963. The van der Waals surface area contributed by atoms with Crippen LogP contribution < -0.4 is 16.1 Å². The number of nitrogens with zero attached hydrogens (tertiary/aromatic N) is 2. The van der Waals surface area contributed by atoms with Gasteiger partial charge in [-0.05, 0) is 42.5 Å². The van der Waals surface area contributed by atoms with Crippen LogP contribution >= 0.6 is 0 Å². The molecule has 0 saturated carbocycles. The van der Waals surface area contributed by atoms with Gasteiger partial charge in [-0.1, -0.05) is 49.4 Å². The van der Waals surface area contributed by atoms with Crippen LogP contribution in [0.4, 0.5) is 5.69 Å². The van der Waals surface area contributed by atoms with Crippen LogP contribution in [0.1, 0.15) is 49.8 Å². The highest BCUT2D eigenvalue weighted by Gasteiger charge is 2.34. The van der Waals surface area contributed by atoms with Crippen LogP contribution in [0.15, 0.2) is 59.7 Å². The second-order valence-corrected chi connectivity index (χ2v) is 8.21. The average Bonchev–Trinajstić information content (AvgIpc) is 2.81. The fourth-order valence-corrected chi connectivity index (χ4v) is 4.31. The molecule has 4 N–H and O–H groups in total. The molecule has 33 heavy (non-hydrogen) atoms. The summed E-state index contributed by atoms with van der Waals surface area (Å²) in [7, 11) is 0. The van der Waals surface area contributed by atoms with Crippen molar-refractivity contribution >= 4 is 29.7 Å². The molecule has 0 aliphatic carbocycles. The maximum absolute atomic E-state index is 13.1. The summed E-state index contributed by atoms with van der Waals surface area (Å²) in [4.78, 5) is 39.6. The molecule has 1 fully saturated rings. The summed E-state index contributed by atoms with van der Waals surface area (Å²) in [5.74, 6) is 2.58. The first kappa shape index (κ1) is 24.0. The number of amides is 2. The van der Waals surface area contributed by atoms with E-state index in [0.29, 0.717) is 19.4 Å². The van der Waals surface area contributed by atoms with Crippen molar-refractivity contribution in [2.45, 2.75) is 38.6 Å². The molecular formula is C25H30N4O4. The summed E-state index contributed by atoms with van der Waals surface area (Å²) in [6.45, 7) is 2.37. The van der Waals surface area contributed by atoms with Gasteiger partial charge in [-0.15, -0.1) is 0 Å². The molecule has 3 unspecified atom stereocenters. The smallest absolute Gasteiger partial charge is 0.308 e. The molecule has 0 spiro atoms. The minimum Gasteiger partial charge on any atom is -0.481 e. The number of carbonyl (C=O) groups excluding carboxylic acids is 2. The Bertz CT molecular complexity index is 991. The first-order valence-electron chi connectivity index (χ1n) is 11.2. The molecule has 1 aliphatic heterocycles. The number of nitrogens with two attached hydrogens (primary N) is 1. The minimum absolute atomic E-state index is 0.0205. The second-order valence-electron chi connectivity index (χ2n) is 8.21. The van der Waals surface area contributed by atoms with Gasteiger partial charge in [0.05, 0.1) is 18.2 Å². The van der Waals surface area contributed by atoms with E-state index in [1.807, 2.05) is 54.6 Å². The fourth-order valence-electron chi connectivity index (χ4n) is 4.31. The number of hydrogen-bond donors (Lipinski definition) is 3. The van der Waals surface area contributed by atoms with Crippen molar-refractivity contribution in [2.75, 3.05) is 11.4 Å². The van der Waals surface area contributed by atoms with E-state index in [-0.39, 0.29) is 18.2 Å². The second kappa shape index (κ2) is 11.3. The number of rotatable bonds is 9. The van der Waals surface area contributed by atoms with Crippen molar-refractivity contribution in [3.05, 3.63) is 65.7 Å². The van der Waals surface area contributed by atoms with Crippen LogP contribution in [0.2, 0.25) is 0 Å². The van der Waals surface area contributed by atoms with Crippen LogP contribution in [0.5, 0.6) is 0 Å². The molecule has 3 atom stereocenters. The van der Waals surface area contributed by atoms with Crippen LogP contribution in [0, 0.1) is 11.8 Å². The third kappa shape index (κ3) is 5.97.